The molecule has 0 saturated carbocycles. The average Bonchev–Trinajstić information content (AvgIpc) is 2.33. The van der Waals surface area contributed by atoms with Crippen molar-refractivity contribution in [3.05, 3.63) is 28.2 Å². The van der Waals surface area contributed by atoms with Gasteiger partial charge >= 0.3 is 0 Å². The van der Waals surface area contributed by atoms with E-state index in [0.717, 1.165) is 24.1 Å². The number of anilines is 1. The molecule has 0 aromatic heterocycles. The molecule has 21 heavy (non-hydrogen) atoms. The molecule has 118 valence electrons. The number of rotatable bonds is 4. The molecule has 1 aromatic rings. The Labute approximate surface area is 137 Å². The van der Waals surface area contributed by atoms with Crippen molar-refractivity contribution in [2.45, 2.75) is 58.9 Å². The summed E-state index contributed by atoms with van der Waals surface area (Å²) in [6.07, 6.45) is 0.253. The fourth-order valence-electron chi connectivity index (χ4n) is 2.88. The molecule has 4 heteroatoms. The number of ether oxygens (including phenoxy) is 1. The predicted octanol–water partition coefficient (Wildman–Crippen LogP) is 3.95. The number of hydrogen-bond donors (Lipinski definition) is 1. The number of morpholine rings is 1. The summed E-state index contributed by atoms with van der Waals surface area (Å²) >= 11 is 3.74. The standard InChI is InChI=1S/C17H27BrN2O/c1-12(2)19-9-14-6-7-16(15(18)8-14)20-10-13(3)21-17(4,5)11-20/h6-8,12-13,19H,9-11H2,1-5H3. The molecule has 0 amide bonds. The second kappa shape index (κ2) is 6.67. The van der Waals surface area contributed by atoms with Gasteiger partial charge in [-0.2, -0.15) is 0 Å². The highest BCUT2D eigenvalue weighted by atomic mass is 79.9. The summed E-state index contributed by atoms with van der Waals surface area (Å²) in [5.74, 6) is 0. The van der Waals surface area contributed by atoms with E-state index in [4.69, 9.17) is 4.74 Å². The second-order valence-electron chi connectivity index (χ2n) is 6.89. The summed E-state index contributed by atoms with van der Waals surface area (Å²) in [5, 5.41) is 3.45. The minimum atomic E-state index is -0.102. The van der Waals surface area contributed by atoms with Crippen LogP contribution in [-0.4, -0.2) is 30.8 Å². The van der Waals surface area contributed by atoms with E-state index in [1.165, 1.54) is 11.3 Å². The van der Waals surface area contributed by atoms with E-state index < -0.39 is 0 Å². The zero-order valence-electron chi connectivity index (χ0n) is 13.7. The number of nitrogens with one attached hydrogen (secondary N) is 1. The van der Waals surface area contributed by atoms with Crippen LogP contribution in [0.1, 0.15) is 40.2 Å². The number of nitrogens with zero attached hydrogens (tertiary/aromatic N) is 1. The predicted molar refractivity (Wildman–Crippen MR) is 93.0 cm³/mol. The van der Waals surface area contributed by atoms with E-state index in [1.807, 2.05) is 0 Å². The molecule has 1 fully saturated rings. The molecule has 0 radical (unpaired) electrons. The molecule has 0 bridgehead atoms. The van der Waals surface area contributed by atoms with Gasteiger partial charge in [-0.05, 0) is 54.4 Å². The topological polar surface area (TPSA) is 24.5 Å². The Kier molecular flexibility index (Phi) is 5.33. The van der Waals surface area contributed by atoms with Crippen molar-refractivity contribution in [3.8, 4) is 0 Å². The van der Waals surface area contributed by atoms with Gasteiger partial charge in [-0.15, -0.1) is 0 Å². The lowest BCUT2D eigenvalue weighted by molar-refractivity contribution is -0.0750. The van der Waals surface area contributed by atoms with Crippen LogP contribution in [0, 0.1) is 0 Å². The normalized spacial score (nSPS) is 21.9. The molecule has 0 aliphatic carbocycles. The Hall–Kier alpha value is -0.580. The lowest BCUT2D eigenvalue weighted by atomic mass is 10.0. The van der Waals surface area contributed by atoms with Gasteiger partial charge in [0.05, 0.1) is 17.4 Å². The van der Waals surface area contributed by atoms with Crippen LogP contribution in [-0.2, 0) is 11.3 Å². The van der Waals surface area contributed by atoms with Crippen LogP contribution in [0.25, 0.3) is 0 Å². The molecule has 1 unspecified atom stereocenters. The molecule has 1 saturated heterocycles. The molecule has 1 atom stereocenters. The highest BCUT2D eigenvalue weighted by Gasteiger charge is 2.32. The van der Waals surface area contributed by atoms with Gasteiger partial charge in [-0.25, -0.2) is 0 Å². The monoisotopic (exact) mass is 354 g/mol. The van der Waals surface area contributed by atoms with Gasteiger partial charge < -0.3 is 15.0 Å². The first-order chi connectivity index (χ1) is 9.77. The molecule has 1 N–H and O–H groups in total. The minimum absolute atomic E-state index is 0.102. The quantitative estimate of drug-likeness (QED) is 0.885. The van der Waals surface area contributed by atoms with Gasteiger partial charge in [0, 0.05) is 30.1 Å². The number of hydrogen-bond acceptors (Lipinski definition) is 3. The third-order valence-corrected chi connectivity index (χ3v) is 4.27. The molecule has 1 heterocycles. The van der Waals surface area contributed by atoms with Crippen LogP contribution in [0.4, 0.5) is 5.69 Å². The van der Waals surface area contributed by atoms with E-state index in [9.17, 15) is 0 Å². The van der Waals surface area contributed by atoms with Crippen LogP contribution in [0.15, 0.2) is 22.7 Å². The van der Waals surface area contributed by atoms with E-state index in [1.54, 1.807) is 0 Å². The first-order valence-corrected chi connectivity index (χ1v) is 8.51. The van der Waals surface area contributed by atoms with Gasteiger partial charge in [0.1, 0.15) is 0 Å². The lowest BCUT2D eigenvalue weighted by Crippen LogP contribution is -2.52. The maximum absolute atomic E-state index is 5.99. The summed E-state index contributed by atoms with van der Waals surface area (Å²) in [6.45, 7) is 13.5. The molecule has 1 aliphatic heterocycles. The largest absolute Gasteiger partial charge is 0.369 e. The summed E-state index contributed by atoms with van der Waals surface area (Å²) in [7, 11) is 0. The van der Waals surface area contributed by atoms with E-state index >= 15 is 0 Å². The molecule has 0 spiro atoms. The molecule has 2 rings (SSSR count). The van der Waals surface area contributed by atoms with Crippen LogP contribution >= 0.6 is 15.9 Å². The SMILES string of the molecule is CC(C)NCc1ccc(N2CC(C)OC(C)(C)C2)c(Br)c1. The summed E-state index contributed by atoms with van der Waals surface area (Å²) < 4.78 is 7.15. The van der Waals surface area contributed by atoms with Crippen molar-refractivity contribution >= 4 is 21.6 Å². The smallest absolute Gasteiger partial charge is 0.0805 e. The Morgan fingerprint density at radius 1 is 1.43 bits per heavy atom. The molecular weight excluding hydrogens is 328 g/mol. The van der Waals surface area contributed by atoms with Crippen molar-refractivity contribution in [2.24, 2.45) is 0 Å². The second-order valence-corrected chi connectivity index (χ2v) is 7.74. The maximum atomic E-state index is 5.99. The van der Waals surface area contributed by atoms with Crippen LogP contribution in [0.2, 0.25) is 0 Å². The first kappa shape index (κ1) is 16.8. The van der Waals surface area contributed by atoms with Gasteiger partial charge in [0.2, 0.25) is 0 Å². The first-order valence-electron chi connectivity index (χ1n) is 7.71. The van der Waals surface area contributed by atoms with Crippen molar-refractivity contribution < 1.29 is 4.74 Å². The third-order valence-electron chi connectivity index (χ3n) is 3.64. The van der Waals surface area contributed by atoms with E-state index in [2.05, 4.69) is 79.0 Å². The van der Waals surface area contributed by atoms with Crippen LogP contribution in [0.3, 0.4) is 0 Å². The summed E-state index contributed by atoms with van der Waals surface area (Å²) in [5.41, 5.74) is 2.46. The van der Waals surface area contributed by atoms with Gasteiger partial charge in [-0.1, -0.05) is 19.9 Å². The zero-order valence-corrected chi connectivity index (χ0v) is 15.3. The van der Waals surface area contributed by atoms with Crippen LogP contribution < -0.4 is 10.2 Å². The summed E-state index contributed by atoms with van der Waals surface area (Å²) in [4.78, 5) is 2.41. The van der Waals surface area contributed by atoms with Gasteiger partial charge in [-0.3, -0.25) is 0 Å². The van der Waals surface area contributed by atoms with Gasteiger partial charge in [0.25, 0.3) is 0 Å². The van der Waals surface area contributed by atoms with Crippen molar-refractivity contribution in [2.75, 3.05) is 18.0 Å². The van der Waals surface area contributed by atoms with Crippen LogP contribution in [0.5, 0.6) is 0 Å². The Morgan fingerprint density at radius 2 is 2.14 bits per heavy atom. The molecule has 1 aromatic carbocycles. The zero-order chi connectivity index (χ0) is 15.6. The molecule has 3 nitrogen and oxygen atoms in total. The van der Waals surface area contributed by atoms with Crippen molar-refractivity contribution in [1.82, 2.24) is 5.32 Å². The Balaban J connectivity index is 2.13. The molecule has 1 aliphatic rings. The minimum Gasteiger partial charge on any atom is -0.369 e. The van der Waals surface area contributed by atoms with Gasteiger partial charge in [0.15, 0.2) is 0 Å². The third kappa shape index (κ3) is 4.70. The Bertz CT molecular complexity index is 488. The van der Waals surface area contributed by atoms with E-state index in [0.29, 0.717) is 6.04 Å². The molecular formula is C17H27BrN2O. The van der Waals surface area contributed by atoms with Crippen molar-refractivity contribution in [3.63, 3.8) is 0 Å². The maximum Gasteiger partial charge on any atom is 0.0805 e. The number of halogens is 1. The van der Waals surface area contributed by atoms with Crippen molar-refractivity contribution in [1.29, 1.82) is 0 Å². The lowest BCUT2D eigenvalue weighted by Gasteiger charge is -2.43. The highest BCUT2D eigenvalue weighted by Crippen LogP contribution is 2.32. The fraction of sp³-hybridized carbons (Fsp3) is 0.647. The number of benzene rings is 1. The average molecular weight is 355 g/mol. The van der Waals surface area contributed by atoms with E-state index in [-0.39, 0.29) is 11.7 Å². The highest BCUT2D eigenvalue weighted by molar-refractivity contribution is 9.10. The fourth-order valence-corrected chi connectivity index (χ4v) is 3.55. The Morgan fingerprint density at radius 3 is 2.71 bits per heavy atom. The summed E-state index contributed by atoms with van der Waals surface area (Å²) in [6, 6.07) is 7.15.